The van der Waals surface area contributed by atoms with E-state index in [0.717, 1.165) is 5.56 Å². The molecule has 7 heteroatoms. The topological polar surface area (TPSA) is 51.2 Å². The van der Waals surface area contributed by atoms with Crippen LogP contribution in [0.2, 0.25) is 0 Å². The molecule has 0 saturated carbocycles. The number of hydrogen-bond acceptors (Lipinski definition) is 4. The van der Waals surface area contributed by atoms with Crippen molar-refractivity contribution in [2.24, 2.45) is 0 Å². The molecule has 0 bridgehead atoms. The van der Waals surface area contributed by atoms with Crippen LogP contribution in [0.5, 0.6) is 5.75 Å². The van der Waals surface area contributed by atoms with Gasteiger partial charge in [0.15, 0.2) is 0 Å². The number of halogens is 2. The lowest BCUT2D eigenvalue weighted by Gasteiger charge is -2.10. The molecular weight excluding hydrogens is 322 g/mol. The molecule has 0 saturated heterocycles. The van der Waals surface area contributed by atoms with Crippen molar-refractivity contribution >= 4 is 17.7 Å². The summed E-state index contributed by atoms with van der Waals surface area (Å²) in [5.41, 5.74) is 1.26. The van der Waals surface area contributed by atoms with Gasteiger partial charge in [0.2, 0.25) is 0 Å². The highest BCUT2D eigenvalue weighted by molar-refractivity contribution is 7.99. The zero-order valence-electron chi connectivity index (χ0n) is 12.5. The van der Waals surface area contributed by atoms with Crippen LogP contribution in [0, 0.1) is 6.92 Å². The molecule has 1 aromatic heterocycles. The first-order valence-electron chi connectivity index (χ1n) is 6.94. The molecule has 0 spiro atoms. The smallest absolute Gasteiger partial charge is 0.290 e. The first kappa shape index (κ1) is 17.2. The molecule has 0 atom stereocenters. The van der Waals surface area contributed by atoms with Crippen LogP contribution in [0.4, 0.5) is 8.78 Å². The predicted octanol–water partition coefficient (Wildman–Crippen LogP) is 3.51. The zero-order valence-corrected chi connectivity index (χ0v) is 13.3. The monoisotopic (exact) mass is 338 g/mol. The van der Waals surface area contributed by atoms with Gasteiger partial charge in [-0.2, -0.15) is 8.78 Å². The number of benzene rings is 1. The number of aryl methyl sites for hydroxylation is 1. The highest BCUT2D eigenvalue weighted by Gasteiger charge is 2.16. The fourth-order valence-corrected chi connectivity index (χ4v) is 2.38. The standard InChI is InChI=1S/C16H16F2N2O2S/c1-11-4-6-12(7-5-11)22-10-9-19-14(21)13-3-2-8-20-15(13)23-16(17)18/h2-8,16H,9-10H2,1H3,(H,19,21). The third-order valence-electron chi connectivity index (χ3n) is 2.89. The summed E-state index contributed by atoms with van der Waals surface area (Å²) in [7, 11) is 0. The molecule has 0 aliphatic heterocycles. The van der Waals surface area contributed by atoms with Crippen LogP contribution in [0.1, 0.15) is 15.9 Å². The van der Waals surface area contributed by atoms with E-state index in [1.54, 1.807) is 0 Å². The number of nitrogens with one attached hydrogen (secondary N) is 1. The van der Waals surface area contributed by atoms with E-state index in [1.165, 1.54) is 18.3 Å². The molecule has 122 valence electrons. The van der Waals surface area contributed by atoms with Gasteiger partial charge in [-0.05, 0) is 43.0 Å². The van der Waals surface area contributed by atoms with Crippen LogP contribution < -0.4 is 10.1 Å². The highest BCUT2D eigenvalue weighted by atomic mass is 32.2. The number of rotatable bonds is 7. The normalized spacial score (nSPS) is 10.6. The van der Waals surface area contributed by atoms with Crippen molar-refractivity contribution in [3.05, 3.63) is 53.7 Å². The Kier molecular flexibility index (Phi) is 6.34. The van der Waals surface area contributed by atoms with E-state index < -0.39 is 11.7 Å². The Labute approximate surface area is 137 Å². The van der Waals surface area contributed by atoms with E-state index >= 15 is 0 Å². The summed E-state index contributed by atoms with van der Waals surface area (Å²) < 4.78 is 30.4. The number of amides is 1. The highest BCUT2D eigenvalue weighted by Crippen LogP contribution is 2.26. The number of nitrogens with zero attached hydrogens (tertiary/aromatic N) is 1. The Morgan fingerprint density at radius 1 is 1.30 bits per heavy atom. The maximum atomic E-state index is 12.5. The van der Waals surface area contributed by atoms with Gasteiger partial charge in [-0.25, -0.2) is 4.98 Å². The molecule has 0 unspecified atom stereocenters. The summed E-state index contributed by atoms with van der Waals surface area (Å²) in [4.78, 5) is 15.9. The average molecular weight is 338 g/mol. The second-order valence-electron chi connectivity index (χ2n) is 4.65. The number of aromatic nitrogens is 1. The second kappa shape index (κ2) is 8.47. The summed E-state index contributed by atoms with van der Waals surface area (Å²) in [5.74, 6) is -2.37. The van der Waals surface area contributed by atoms with Crippen LogP contribution in [0.15, 0.2) is 47.6 Å². The minimum Gasteiger partial charge on any atom is -0.492 e. The van der Waals surface area contributed by atoms with Crippen molar-refractivity contribution in [2.75, 3.05) is 13.2 Å². The van der Waals surface area contributed by atoms with E-state index in [2.05, 4.69) is 10.3 Å². The quantitative estimate of drug-likeness (QED) is 0.620. The molecule has 1 heterocycles. The number of alkyl halides is 2. The van der Waals surface area contributed by atoms with Crippen LogP contribution in [0.3, 0.4) is 0 Å². The van der Waals surface area contributed by atoms with Crippen molar-refractivity contribution in [3.8, 4) is 5.75 Å². The second-order valence-corrected chi connectivity index (χ2v) is 5.63. The molecule has 1 N–H and O–H groups in total. The van der Waals surface area contributed by atoms with Crippen molar-refractivity contribution in [1.82, 2.24) is 10.3 Å². The van der Waals surface area contributed by atoms with E-state index in [9.17, 15) is 13.6 Å². The van der Waals surface area contributed by atoms with Crippen LogP contribution >= 0.6 is 11.8 Å². The predicted molar refractivity (Wildman–Crippen MR) is 85.1 cm³/mol. The van der Waals surface area contributed by atoms with Crippen molar-refractivity contribution in [2.45, 2.75) is 17.7 Å². The lowest BCUT2D eigenvalue weighted by atomic mass is 10.2. The Morgan fingerprint density at radius 3 is 2.74 bits per heavy atom. The molecule has 4 nitrogen and oxygen atoms in total. The first-order valence-corrected chi connectivity index (χ1v) is 7.81. The average Bonchev–Trinajstić information content (AvgIpc) is 2.53. The number of thioether (sulfide) groups is 1. The van der Waals surface area contributed by atoms with Gasteiger partial charge in [0.25, 0.3) is 11.7 Å². The zero-order chi connectivity index (χ0) is 16.7. The molecule has 1 amide bonds. The van der Waals surface area contributed by atoms with E-state index in [1.807, 2.05) is 31.2 Å². The van der Waals surface area contributed by atoms with Crippen molar-refractivity contribution in [1.29, 1.82) is 0 Å². The third kappa shape index (κ3) is 5.52. The number of ether oxygens (including phenoxy) is 1. The third-order valence-corrected chi connectivity index (χ3v) is 3.62. The van der Waals surface area contributed by atoms with Gasteiger partial charge in [-0.3, -0.25) is 4.79 Å². The molecule has 0 fully saturated rings. The Morgan fingerprint density at radius 2 is 2.04 bits per heavy atom. The van der Waals surface area contributed by atoms with Gasteiger partial charge in [-0.15, -0.1) is 0 Å². The van der Waals surface area contributed by atoms with Crippen molar-refractivity contribution in [3.63, 3.8) is 0 Å². The summed E-state index contributed by atoms with van der Waals surface area (Å²) >= 11 is 0.254. The maximum Gasteiger partial charge on any atom is 0.290 e. The minimum absolute atomic E-state index is 0.0134. The summed E-state index contributed by atoms with van der Waals surface area (Å²) in [6, 6.07) is 10.5. The van der Waals surface area contributed by atoms with Gasteiger partial charge < -0.3 is 10.1 Å². The fourth-order valence-electron chi connectivity index (χ4n) is 1.81. The summed E-state index contributed by atoms with van der Waals surface area (Å²) in [6.45, 7) is 2.53. The Balaban J connectivity index is 1.84. The molecule has 0 aliphatic rings. The molecule has 0 aliphatic carbocycles. The molecule has 1 aromatic carbocycles. The molecule has 0 radical (unpaired) electrons. The van der Waals surface area contributed by atoms with Crippen molar-refractivity contribution < 1.29 is 18.3 Å². The Bertz CT molecular complexity index is 651. The van der Waals surface area contributed by atoms with Gasteiger partial charge in [-0.1, -0.05) is 17.7 Å². The van der Waals surface area contributed by atoms with Gasteiger partial charge in [0.05, 0.1) is 12.1 Å². The molecule has 2 aromatic rings. The Hall–Kier alpha value is -2.15. The lowest BCUT2D eigenvalue weighted by Crippen LogP contribution is -2.28. The summed E-state index contributed by atoms with van der Waals surface area (Å²) in [6.07, 6.45) is 1.38. The van der Waals surface area contributed by atoms with Gasteiger partial charge >= 0.3 is 0 Å². The number of pyridine rings is 1. The SMILES string of the molecule is Cc1ccc(OCCNC(=O)c2cccnc2SC(F)F)cc1. The van der Waals surface area contributed by atoms with E-state index in [4.69, 9.17) is 4.74 Å². The van der Waals surface area contributed by atoms with E-state index in [0.29, 0.717) is 5.75 Å². The first-order chi connectivity index (χ1) is 11.1. The van der Waals surface area contributed by atoms with Crippen LogP contribution in [0.25, 0.3) is 0 Å². The van der Waals surface area contributed by atoms with Crippen LogP contribution in [-0.2, 0) is 0 Å². The number of carbonyl (C=O) groups excluding carboxylic acids is 1. The van der Waals surface area contributed by atoms with Crippen LogP contribution in [-0.4, -0.2) is 29.8 Å². The number of hydrogen-bond donors (Lipinski definition) is 1. The maximum absolute atomic E-state index is 12.5. The summed E-state index contributed by atoms with van der Waals surface area (Å²) in [5, 5.41) is 2.65. The largest absolute Gasteiger partial charge is 0.492 e. The fraction of sp³-hybridized carbons (Fsp3) is 0.250. The number of carbonyl (C=O) groups is 1. The lowest BCUT2D eigenvalue weighted by molar-refractivity contribution is 0.0943. The molecule has 23 heavy (non-hydrogen) atoms. The van der Waals surface area contributed by atoms with E-state index in [-0.39, 0.29) is 35.5 Å². The van der Waals surface area contributed by atoms with Gasteiger partial charge in [0.1, 0.15) is 17.4 Å². The molecule has 2 rings (SSSR count). The minimum atomic E-state index is -2.62. The van der Waals surface area contributed by atoms with Gasteiger partial charge in [0, 0.05) is 6.20 Å². The molecular formula is C16H16F2N2O2S.